The number of rotatable bonds is 5. The average molecular weight is 406 g/mol. The number of nitrogens with two attached hydrogens (primary N) is 1. The van der Waals surface area contributed by atoms with Crippen molar-refractivity contribution in [3.8, 4) is 11.3 Å². The monoisotopic (exact) mass is 406 g/mol. The van der Waals surface area contributed by atoms with Crippen LogP contribution >= 0.6 is 0 Å². The molecule has 0 aliphatic heterocycles. The van der Waals surface area contributed by atoms with Crippen LogP contribution in [0, 0.1) is 5.82 Å². The molecule has 1 heterocycles. The van der Waals surface area contributed by atoms with E-state index < -0.39 is 11.7 Å². The summed E-state index contributed by atoms with van der Waals surface area (Å²) in [4.78, 5) is 21.2. The Morgan fingerprint density at radius 2 is 2.00 bits per heavy atom. The molecule has 0 saturated heterocycles. The van der Waals surface area contributed by atoms with Gasteiger partial charge in [0.15, 0.2) is 0 Å². The molecule has 1 aliphatic rings. The number of halogens is 1. The third kappa shape index (κ3) is 4.31. The first kappa shape index (κ1) is 20.0. The normalized spacial score (nSPS) is 18.3. The number of nitrogens with one attached hydrogen (secondary N) is 1. The Bertz CT molecular complexity index is 1060. The molecule has 1 amide bonds. The van der Waals surface area contributed by atoms with Gasteiger partial charge in [0.25, 0.3) is 5.91 Å². The largest absolute Gasteiger partial charge is 0.393 e. The maximum absolute atomic E-state index is 14.7. The van der Waals surface area contributed by atoms with Crippen LogP contribution in [0.15, 0.2) is 54.7 Å². The minimum atomic E-state index is -0.652. The number of nitrogen functional groups attached to an aromatic ring is 1. The predicted octanol–water partition coefficient (Wildman–Crippen LogP) is 3.42. The van der Waals surface area contributed by atoms with E-state index in [9.17, 15) is 14.3 Å². The second-order valence-corrected chi connectivity index (χ2v) is 7.56. The molecule has 154 valence electrons. The Balaban J connectivity index is 1.53. The van der Waals surface area contributed by atoms with E-state index in [1.807, 2.05) is 30.3 Å². The number of amides is 1. The van der Waals surface area contributed by atoms with Crippen LogP contribution in [0.4, 0.5) is 10.2 Å². The van der Waals surface area contributed by atoms with Gasteiger partial charge in [-0.2, -0.15) is 0 Å². The van der Waals surface area contributed by atoms with Gasteiger partial charge in [-0.1, -0.05) is 36.4 Å². The first-order chi connectivity index (χ1) is 14.5. The lowest BCUT2D eigenvalue weighted by molar-refractivity contribution is 0.0947. The summed E-state index contributed by atoms with van der Waals surface area (Å²) >= 11 is 0. The third-order valence-electron chi connectivity index (χ3n) is 5.43. The van der Waals surface area contributed by atoms with E-state index in [1.165, 1.54) is 12.1 Å². The van der Waals surface area contributed by atoms with Crippen molar-refractivity contribution in [3.05, 3.63) is 77.4 Å². The quantitative estimate of drug-likeness (QED) is 0.603. The van der Waals surface area contributed by atoms with Crippen molar-refractivity contribution in [1.82, 2.24) is 15.3 Å². The number of benzene rings is 2. The summed E-state index contributed by atoms with van der Waals surface area (Å²) < 4.78 is 14.7. The van der Waals surface area contributed by atoms with E-state index in [2.05, 4.69) is 15.3 Å². The topological polar surface area (TPSA) is 101 Å². The summed E-state index contributed by atoms with van der Waals surface area (Å²) in [6.07, 6.45) is 3.47. The highest BCUT2D eigenvalue weighted by atomic mass is 19.1. The lowest BCUT2D eigenvalue weighted by Crippen LogP contribution is -2.23. The van der Waals surface area contributed by atoms with Crippen molar-refractivity contribution in [1.29, 1.82) is 0 Å². The lowest BCUT2D eigenvalue weighted by atomic mass is 10.0. The van der Waals surface area contributed by atoms with Gasteiger partial charge in [0.1, 0.15) is 17.3 Å². The first-order valence-corrected chi connectivity index (χ1v) is 9.94. The van der Waals surface area contributed by atoms with E-state index in [4.69, 9.17) is 5.73 Å². The molecule has 4 rings (SSSR count). The van der Waals surface area contributed by atoms with E-state index >= 15 is 0 Å². The number of nitrogens with zero attached hydrogens (tertiary/aromatic N) is 2. The lowest BCUT2D eigenvalue weighted by Gasteiger charge is -2.12. The van der Waals surface area contributed by atoms with Crippen molar-refractivity contribution in [3.63, 3.8) is 0 Å². The Morgan fingerprint density at radius 3 is 2.70 bits per heavy atom. The van der Waals surface area contributed by atoms with Gasteiger partial charge in [0, 0.05) is 18.0 Å². The molecular formula is C23H23FN4O2. The average Bonchev–Trinajstić information content (AvgIpc) is 3.19. The molecule has 0 radical (unpaired) electrons. The zero-order chi connectivity index (χ0) is 21.1. The van der Waals surface area contributed by atoms with Crippen LogP contribution in [0.2, 0.25) is 0 Å². The summed E-state index contributed by atoms with van der Waals surface area (Å²) in [7, 11) is 0. The van der Waals surface area contributed by atoms with E-state index in [1.54, 1.807) is 12.3 Å². The van der Waals surface area contributed by atoms with Crippen LogP contribution in [0.5, 0.6) is 0 Å². The predicted molar refractivity (Wildman–Crippen MR) is 112 cm³/mol. The van der Waals surface area contributed by atoms with Crippen molar-refractivity contribution >= 4 is 11.7 Å². The molecule has 4 N–H and O–H groups in total. The summed E-state index contributed by atoms with van der Waals surface area (Å²) in [5.41, 5.74) is 8.44. The van der Waals surface area contributed by atoms with Gasteiger partial charge in [-0.25, -0.2) is 14.4 Å². The number of aliphatic hydroxyl groups excluding tert-OH is 1. The van der Waals surface area contributed by atoms with Crippen molar-refractivity contribution in [2.45, 2.75) is 37.8 Å². The summed E-state index contributed by atoms with van der Waals surface area (Å²) in [5.74, 6) is -0.839. The van der Waals surface area contributed by atoms with Crippen molar-refractivity contribution in [2.24, 2.45) is 0 Å². The Kier molecular flexibility index (Phi) is 5.72. The number of hydrogen-bond donors (Lipinski definition) is 3. The maximum Gasteiger partial charge on any atom is 0.254 e. The van der Waals surface area contributed by atoms with E-state index in [0.717, 1.165) is 24.1 Å². The molecule has 2 atom stereocenters. The van der Waals surface area contributed by atoms with Crippen LogP contribution in [0.25, 0.3) is 11.3 Å². The number of hydrogen-bond acceptors (Lipinski definition) is 5. The molecule has 0 unspecified atom stereocenters. The standard InChI is InChI=1S/C23H23FN4O2/c24-19-11-16(7-9-18(19)23(30)27-12-14-4-2-1-3-5-14)21-22(25)26-13-20(28-21)15-6-8-17(29)10-15/h1-5,7,9,11,13,15,17,29H,6,8,10,12H2,(H2,25,26)(H,27,30)/t15-,17-/m1/s1. The van der Waals surface area contributed by atoms with Crippen LogP contribution in [-0.2, 0) is 6.54 Å². The van der Waals surface area contributed by atoms with Gasteiger partial charge in [0.05, 0.1) is 23.6 Å². The summed E-state index contributed by atoms with van der Waals surface area (Å²) in [6, 6.07) is 13.7. The molecule has 6 nitrogen and oxygen atoms in total. The van der Waals surface area contributed by atoms with E-state index in [-0.39, 0.29) is 23.4 Å². The molecule has 0 spiro atoms. The molecule has 1 saturated carbocycles. The molecule has 0 bridgehead atoms. The van der Waals surface area contributed by atoms with Gasteiger partial charge in [-0.15, -0.1) is 0 Å². The van der Waals surface area contributed by atoms with Crippen molar-refractivity contribution < 1.29 is 14.3 Å². The number of aliphatic hydroxyl groups is 1. The highest BCUT2D eigenvalue weighted by Crippen LogP contribution is 2.35. The Labute approximate surface area is 174 Å². The second-order valence-electron chi connectivity index (χ2n) is 7.56. The van der Waals surface area contributed by atoms with Gasteiger partial charge in [-0.05, 0) is 37.0 Å². The molecule has 1 aromatic heterocycles. The van der Waals surface area contributed by atoms with Gasteiger partial charge in [0.2, 0.25) is 0 Å². The first-order valence-electron chi connectivity index (χ1n) is 9.94. The van der Waals surface area contributed by atoms with Crippen LogP contribution in [0.3, 0.4) is 0 Å². The number of aromatic nitrogens is 2. The molecule has 3 aromatic rings. The molecule has 30 heavy (non-hydrogen) atoms. The van der Waals surface area contributed by atoms with Gasteiger partial charge in [-0.3, -0.25) is 4.79 Å². The SMILES string of the molecule is Nc1ncc([C@@H]2CC[C@@H](O)C2)nc1-c1ccc(C(=O)NCc2ccccc2)c(F)c1. The fraction of sp³-hybridized carbons (Fsp3) is 0.261. The van der Waals surface area contributed by atoms with Gasteiger partial charge < -0.3 is 16.2 Å². The van der Waals surface area contributed by atoms with Crippen LogP contribution in [-0.4, -0.2) is 27.1 Å². The minimum Gasteiger partial charge on any atom is -0.393 e. The number of carbonyl (C=O) groups is 1. The number of anilines is 1. The molecule has 2 aromatic carbocycles. The molecule has 1 aliphatic carbocycles. The second kappa shape index (κ2) is 8.59. The summed E-state index contributed by atoms with van der Waals surface area (Å²) in [5, 5.41) is 12.5. The molecule has 1 fully saturated rings. The fourth-order valence-corrected chi connectivity index (χ4v) is 3.77. The number of carbonyl (C=O) groups excluding carboxylic acids is 1. The van der Waals surface area contributed by atoms with Crippen molar-refractivity contribution in [2.75, 3.05) is 5.73 Å². The zero-order valence-electron chi connectivity index (χ0n) is 16.4. The third-order valence-corrected chi connectivity index (χ3v) is 5.43. The molecular weight excluding hydrogens is 383 g/mol. The van der Waals surface area contributed by atoms with E-state index in [0.29, 0.717) is 24.2 Å². The smallest absolute Gasteiger partial charge is 0.254 e. The van der Waals surface area contributed by atoms with Crippen LogP contribution in [0.1, 0.15) is 46.8 Å². The highest BCUT2D eigenvalue weighted by molar-refractivity contribution is 5.95. The molecule has 7 heteroatoms. The summed E-state index contributed by atoms with van der Waals surface area (Å²) in [6.45, 7) is 0.314. The Morgan fingerprint density at radius 1 is 1.20 bits per heavy atom. The van der Waals surface area contributed by atoms with Gasteiger partial charge >= 0.3 is 0 Å². The Hall–Kier alpha value is -3.32. The van der Waals surface area contributed by atoms with Crippen LogP contribution < -0.4 is 11.1 Å². The minimum absolute atomic E-state index is 0.0451. The maximum atomic E-state index is 14.7. The highest BCUT2D eigenvalue weighted by Gasteiger charge is 2.26. The zero-order valence-corrected chi connectivity index (χ0v) is 16.4. The fourth-order valence-electron chi connectivity index (χ4n) is 3.77.